The molecule has 3 rings (SSSR count). The summed E-state index contributed by atoms with van der Waals surface area (Å²) in [6.07, 6.45) is 1.37. The van der Waals surface area contributed by atoms with Crippen LogP contribution < -0.4 is 5.43 Å². The zero-order valence-corrected chi connectivity index (χ0v) is 14.2. The van der Waals surface area contributed by atoms with E-state index in [9.17, 15) is 14.9 Å². The van der Waals surface area contributed by atoms with E-state index in [0.717, 1.165) is 4.90 Å². The van der Waals surface area contributed by atoms with Gasteiger partial charge in [-0.15, -0.1) is 0 Å². The number of nitro groups is 1. The molecule has 1 heterocycles. The lowest BCUT2D eigenvalue weighted by molar-refractivity contribution is -0.384. The summed E-state index contributed by atoms with van der Waals surface area (Å²) in [6, 6.07) is 18.7. The highest BCUT2D eigenvalue weighted by Crippen LogP contribution is 2.28. The van der Waals surface area contributed by atoms with Crippen molar-refractivity contribution in [1.29, 1.82) is 0 Å². The van der Waals surface area contributed by atoms with Crippen LogP contribution in [0.5, 0.6) is 0 Å². The van der Waals surface area contributed by atoms with Crippen molar-refractivity contribution in [2.75, 3.05) is 0 Å². The van der Waals surface area contributed by atoms with Crippen molar-refractivity contribution < 1.29 is 14.1 Å². The zero-order valence-electron chi connectivity index (χ0n) is 13.4. The van der Waals surface area contributed by atoms with Crippen LogP contribution in [0.3, 0.4) is 0 Å². The first-order valence-corrected chi connectivity index (χ1v) is 8.34. The van der Waals surface area contributed by atoms with Gasteiger partial charge >= 0.3 is 0 Å². The maximum absolute atomic E-state index is 12.0. The Labute approximate surface area is 152 Å². The lowest BCUT2D eigenvalue weighted by Gasteiger charge is -1.99. The molecule has 0 aliphatic heterocycles. The van der Waals surface area contributed by atoms with Crippen LogP contribution >= 0.6 is 11.8 Å². The second-order valence-electron chi connectivity index (χ2n) is 5.08. The third-order valence-electron chi connectivity index (χ3n) is 3.24. The third-order valence-corrected chi connectivity index (χ3v) is 4.17. The van der Waals surface area contributed by atoms with E-state index in [1.165, 1.54) is 42.2 Å². The largest absolute Gasteiger partial charge is 0.448 e. The molecule has 1 N–H and O–H groups in total. The van der Waals surface area contributed by atoms with E-state index < -0.39 is 10.8 Å². The summed E-state index contributed by atoms with van der Waals surface area (Å²) in [4.78, 5) is 23.2. The molecule has 0 atom stereocenters. The Morgan fingerprint density at radius 3 is 2.69 bits per heavy atom. The Morgan fingerprint density at radius 2 is 1.92 bits per heavy atom. The van der Waals surface area contributed by atoms with Gasteiger partial charge in [-0.3, -0.25) is 14.9 Å². The SMILES string of the molecule is O=C(N/N=C\c1ccc(Sc2ccccc2)o1)c1cccc([N+](=O)[O-])c1. The van der Waals surface area contributed by atoms with Crippen molar-refractivity contribution in [2.45, 2.75) is 9.99 Å². The third kappa shape index (κ3) is 4.58. The fraction of sp³-hybridized carbons (Fsp3) is 0. The van der Waals surface area contributed by atoms with E-state index in [0.29, 0.717) is 10.9 Å². The van der Waals surface area contributed by atoms with Crippen molar-refractivity contribution in [3.05, 3.63) is 88.2 Å². The summed E-state index contributed by atoms with van der Waals surface area (Å²) in [7, 11) is 0. The first kappa shape index (κ1) is 17.4. The van der Waals surface area contributed by atoms with Crippen molar-refractivity contribution in [3.8, 4) is 0 Å². The van der Waals surface area contributed by atoms with Crippen LogP contribution in [0.2, 0.25) is 0 Å². The van der Waals surface area contributed by atoms with Crippen LogP contribution in [0.25, 0.3) is 0 Å². The molecule has 0 aliphatic carbocycles. The number of non-ortho nitro benzene ring substituents is 1. The van der Waals surface area contributed by atoms with Crippen molar-refractivity contribution in [3.63, 3.8) is 0 Å². The van der Waals surface area contributed by atoms with Crippen LogP contribution in [0.4, 0.5) is 5.69 Å². The highest BCUT2D eigenvalue weighted by atomic mass is 32.2. The predicted octanol–water partition coefficient (Wildman–Crippen LogP) is 4.10. The van der Waals surface area contributed by atoms with E-state index >= 15 is 0 Å². The molecule has 0 spiro atoms. The van der Waals surface area contributed by atoms with E-state index in [1.54, 1.807) is 12.1 Å². The Balaban J connectivity index is 1.59. The fourth-order valence-corrected chi connectivity index (χ4v) is 2.84. The number of hydrogen-bond donors (Lipinski definition) is 1. The predicted molar refractivity (Wildman–Crippen MR) is 97.4 cm³/mol. The standard InChI is InChI=1S/C18H13N3O4S/c22-18(13-5-4-6-14(11-13)21(23)24)20-19-12-15-9-10-17(25-15)26-16-7-2-1-3-8-16/h1-12H,(H,20,22)/b19-12-. The molecular formula is C18H13N3O4S. The summed E-state index contributed by atoms with van der Waals surface area (Å²) in [5.41, 5.74) is 2.31. The van der Waals surface area contributed by atoms with Crippen molar-refractivity contribution in [2.24, 2.45) is 5.10 Å². The fourth-order valence-electron chi connectivity index (χ4n) is 2.04. The Morgan fingerprint density at radius 1 is 1.12 bits per heavy atom. The lowest BCUT2D eigenvalue weighted by atomic mass is 10.2. The van der Waals surface area contributed by atoms with Gasteiger partial charge in [-0.1, -0.05) is 36.0 Å². The molecule has 130 valence electrons. The van der Waals surface area contributed by atoms with Crippen LogP contribution in [0.15, 0.2) is 86.2 Å². The minimum Gasteiger partial charge on any atom is -0.448 e. The highest BCUT2D eigenvalue weighted by Gasteiger charge is 2.10. The molecule has 0 radical (unpaired) electrons. The Hall–Kier alpha value is -3.39. The second-order valence-corrected chi connectivity index (χ2v) is 6.16. The quantitative estimate of drug-likeness (QED) is 0.402. The summed E-state index contributed by atoms with van der Waals surface area (Å²) >= 11 is 1.47. The van der Waals surface area contributed by atoms with Crippen LogP contribution in [0.1, 0.15) is 16.1 Å². The van der Waals surface area contributed by atoms with Crippen LogP contribution in [0, 0.1) is 10.1 Å². The molecule has 3 aromatic rings. The molecule has 8 heteroatoms. The molecule has 1 amide bonds. The molecule has 0 saturated heterocycles. The second kappa shape index (κ2) is 8.13. The number of nitrogens with one attached hydrogen (secondary N) is 1. The summed E-state index contributed by atoms with van der Waals surface area (Å²) in [5, 5.41) is 15.3. The van der Waals surface area contributed by atoms with E-state index in [2.05, 4.69) is 10.5 Å². The minimum atomic E-state index is -0.561. The average molecular weight is 367 g/mol. The number of furan rings is 1. The molecule has 2 aromatic carbocycles. The first-order valence-electron chi connectivity index (χ1n) is 7.52. The minimum absolute atomic E-state index is 0.149. The number of rotatable bonds is 6. The number of carbonyl (C=O) groups excluding carboxylic acids is 1. The lowest BCUT2D eigenvalue weighted by Crippen LogP contribution is -2.17. The summed E-state index contributed by atoms with van der Waals surface area (Å²) in [6.45, 7) is 0. The molecule has 26 heavy (non-hydrogen) atoms. The normalized spacial score (nSPS) is 10.8. The van der Waals surface area contributed by atoms with Crippen LogP contribution in [-0.2, 0) is 0 Å². The van der Waals surface area contributed by atoms with Gasteiger partial charge in [0.15, 0.2) is 5.09 Å². The average Bonchev–Trinajstić information content (AvgIpc) is 3.09. The monoisotopic (exact) mass is 367 g/mol. The number of hydrogen-bond acceptors (Lipinski definition) is 6. The number of nitro benzene ring substituents is 1. The smallest absolute Gasteiger partial charge is 0.271 e. The van der Waals surface area contributed by atoms with Gasteiger partial charge in [-0.2, -0.15) is 5.10 Å². The Kier molecular flexibility index (Phi) is 5.45. The van der Waals surface area contributed by atoms with Gasteiger partial charge < -0.3 is 4.42 Å². The molecule has 0 unspecified atom stereocenters. The molecule has 0 bridgehead atoms. The topological polar surface area (TPSA) is 97.7 Å². The van der Waals surface area contributed by atoms with Gasteiger partial charge in [0.2, 0.25) is 0 Å². The number of carbonyl (C=O) groups is 1. The maximum Gasteiger partial charge on any atom is 0.271 e. The molecule has 7 nitrogen and oxygen atoms in total. The molecule has 0 fully saturated rings. The molecular weight excluding hydrogens is 354 g/mol. The first-order chi connectivity index (χ1) is 12.6. The van der Waals surface area contributed by atoms with Gasteiger partial charge in [0.25, 0.3) is 11.6 Å². The van der Waals surface area contributed by atoms with Crippen LogP contribution in [-0.4, -0.2) is 17.0 Å². The zero-order chi connectivity index (χ0) is 18.4. The van der Waals surface area contributed by atoms with Gasteiger partial charge in [0.05, 0.1) is 11.1 Å². The van der Waals surface area contributed by atoms with E-state index in [4.69, 9.17) is 4.42 Å². The van der Waals surface area contributed by atoms with Gasteiger partial charge in [0, 0.05) is 22.6 Å². The van der Waals surface area contributed by atoms with E-state index in [1.807, 2.05) is 30.3 Å². The van der Waals surface area contributed by atoms with Crippen molar-refractivity contribution in [1.82, 2.24) is 5.43 Å². The van der Waals surface area contributed by atoms with E-state index in [-0.39, 0.29) is 11.3 Å². The van der Waals surface area contributed by atoms with Crippen molar-refractivity contribution >= 4 is 29.6 Å². The number of amides is 1. The van der Waals surface area contributed by atoms with Gasteiger partial charge in [-0.25, -0.2) is 5.43 Å². The summed E-state index contributed by atoms with van der Waals surface area (Å²) in [5.74, 6) is -0.0711. The molecule has 1 aromatic heterocycles. The number of benzene rings is 2. The molecule has 0 aliphatic rings. The number of nitrogens with zero attached hydrogens (tertiary/aromatic N) is 2. The van der Waals surface area contributed by atoms with Gasteiger partial charge in [-0.05, 0) is 30.3 Å². The Bertz CT molecular complexity index is 954. The van der Waals surface area contributed by atoms with Gasteiger partial charge in [0.1, 0.15) is 5.76 Å². The highest BCUT2D eigenvalue weighted by molar-refractivity contribution is 7.99. The number of hydrazone groups is 1. The maximum atomic E-state index is 12.0. The summed E-state index contributed by atoms with van der Waals surface area (Å²) < 4.78 is 5.60. The molecule has 0 saturated carbocycles.